The Bertz CT molecular complexity index is 865. The summed E-state index contributed by atoms with van der Waals surface area (Å²) >= 11 is 0. The van der Waals surface area contributed by atoms with Crippen LogP contribution in [-0.4, -0.2) is 46.9 Å². The average Bonchev–Trinajstić information content (AvgIpc) is 2.69. The van der Waals surface area contributed by atoms with Gasteiger partial charge in [0.05, 0.1) is 5.56 Å². The maximum Gasteiger partial charge on any atom is 0.255 e. The lowest BCUT2D eigenvalue weighted by atomic mass is 10.0. The van der Waals surface area contributed by atoms with E-state index >= 15 is 0 Å². The van der Waals surface area contributed by atoms with Crippen molar-refractivity contribution in [2.75, 3.05) is 26.2 Å². The van der Waals surface area contributed by atoms with Gasteiger partial charge in [-0.25, -0.2) is 0 Å². The third-order valence-electron chi connectivity index (χ3n) is 4.84. The van der Waals surface area contributed by atoms with E-state index in [0.717, 1.165) is 32.7 Å². The normalized spacial score (nSPS) is 15.4. The van der Waals surface area contributed by atoms with Crippen molar-refractivity contribution in [1.82, 2.24) is 14.8 Å². The quantitative estimate of drug-likeness (QED) is 0.739. The first-order valence-electron chi connectivity index (χ1n) is 8.69. The van der Waals surface area contributed by atoms with Crippen molar-refractivity contribution >= 4 is 16.7 Å². The van der Waals surface area contributed by atoms with E-state index in [2.05, 4.69) is 52.3 Å². The highest BCUT2D eigenvalue weighted by molar-refractivity contribution is 5.94. The second kappa shape index (κ2) is 7.03. The molecule has 4 rings (SSSR count). The zero-order valence-corrected chi connectivity index (χ0v) is 14.1. The van der Waals surface area contributed by atoms with E-state index in [1.807, 2.05) is 17.0 Å². The first-order valence-corrected chi connectivity index (χ1v) is 8.69. The average molecular weight is 331 g/mol. The molecule has 0 radical (unpaired) electrons. The lowest BCUT2D eigenvalue weighted by molar-refractivity contribution is 0.0628. The molecule has 4 nitrogen and oxygen atoms in total. The fourth-order valence-corrected chi connectivity index (χ4v) is 3.45. The van der Waals surface area contributed by atoms with Crippen molar-refractivity contribution < 1.29 is 4.79 Å². The highest BCUT2D eigenvalue weighted by Gasteiger charge is 2.22. The number of pyridine rings is 1. The maximum absolute atomic E-state index is 12.5. The fourth-order valence-electron chi connectivity index (χ4n) is 3.45. The van der Waals surface area contributed by atoms with Crippen LogP contribution in [0.4, 0.5) is 0 Å². The molecule has 0 spiro atoms. The molecule has 0 bridgehead atoms. The van der Waals surface area contributed by atoms with Crippen molar-refractivity contribution in [2.45, 2.75) is 6.54 Å². The number of aromatic nitrogens is 1. The molecule has 0 aliphatic carbocycles. The van der Waals surface area contributed by atoms with Gasteiger partial charge in [0, 0.05) is 45.1 Å². The maximum atomic E-state index is 12.5. The van der Waals surface area contributed by atoms with Gasteiger partial charge in [-0.15, -0.1) is 0 Å². The third-order valence-corrected chi connectivity index (χ3v) is 4.84. The van der Waals surface area contributed by atoms with Crippen LogP contribution in [0.1, 0.15) is 15.9 Å². The summed E-state index contributed by atoms with van der Waals surface area (Å²) in [5.41, 5.74) is 2.02. The number of hydrogen-bond donors (Lipinski definition) is 0. The van der Waals surface area contributed by atoms with E-state index in [-0.39, 0.29) is 5.91 Å². The second-order valence-electron chi connectivity index (χ2n) is 6.45. The molecule has 1 fully saturated rings. The van der Waals surface area contributed by atoms with E-state index in [9.17, 15) is 4.79 Å². The Hall–Kier alpha value is -2.72. The summed E-state index contributed by atoms with van der Waals surface area (Å²) in [5, 5.41) is 2.60. The Morgan fingerprint density at radius 2 is 1.72 bits per heavy atom. The first-order chi connectivity index (χ1) is 12.3. The minimum atomic E-state index is 0.0814. The van der Waals surface area contributed by atoms with Gasteiger partial charge in [0.2, 0.25) is 0 Å². The number of fused-ring (bicyclic) bond motifs is 1. The van der Waals surface area contributed by atoms with E-state index in [1.165, 1.54) is 16.3 Å². The Kier molecular flexibility index (Phi) is 4.44. The lowest BCUT2D eigenvalue weighted by Gasteiger charge is -2.35. The number of nitrogens with zero attached hydrogens (tertiary/aromatic N) is 3. The van der Waals surface area contributed by atoms with Gasteiger partial charge < -0.3 is 4.90 Å². The number of amides is 1. The molecule has 2 aromatic carbocycles. The molecule has 25 heavy (non-hydrogen) atoms. The fraction of sp³-hybridized carbons (Fsp3) is 0.238. The second-order valence-corrected chi connectivity index (χ2v) is 6.45. The highest BCUT2D eigenvalue weighted by Crippen LogP contribution is 2.20. The monoisotopic (exact) mass is 331 g/mol. The first kappa shape index (κ1) is 15.8. The SMILES string of the molecule is O=C(c1cccnc1)N1CCN(Cc2cccc3ccccc23)CC1. The molecule has 3 aromatic rings. The number of hydrogen-bond acceptors (Lipinski definition) is 3. The molecular formula is C21H21N3O. The van der Waals surface area contributed by atoms with Gasteiger partial charge in [-0.2, -0.15) is 0 Å². The van der Waals surface area contributed by atoms with Gasteiger partial charge in [0.1, 0.15) is 0 Å². The topological polar surface area (TPSA) is 36.4 Å². The van der Waals surface area contributed by atoms with Crippen LogP contribution in [0.15, 0.2) is 67.0 Å². The van der Waals surface area contributed by atoms with Crippen molar-refractivity contribution in [1.29, 1.82) is 0 Å². The lowest BCUT2D eigenvalue weighted by Crippen LogP contribution is -2.48. The van der Waals surface area contributed by atoms with E-state index in [4.69, 9.17) is 0 Å². The number of carbonyl (C=O) groups is 1. The molecule has 0 atom stereocenters. The van der Waals surface area contributed by atoms with Gasteiger partial charge in [0.15, 0.2) is 0 Å². The Morgan fingerprint density at radius 1 is 0.920 bits per heavy atom. The summed E-state index contributed by atoms with van der Waals surface area (Å²) in [6, 6.07) is 18.6. The highest BCUT2D eigenvalue weighted by atomic mass is 16.2. The van der Waals surface area contributed by atoms with Crippen LogP contribution in [0.2, 0.25) is 0 Å². The zero-order chi connectivity index (χ0) is 17.1. The number of carbonyl (C=O) groups excluding carboxylic acids is 1. The van der Waals surface area contributed by atoms with Crippen LogP contribution < -0.4 is 0 Å². The molecule has 126 valence electrons. The predicted octanol–water partition coefficient (Wildman–Crippen LogP) is 3.19. The van der Waals surface area contributed by atoms with Gasteiger partial charge in [0.25, 0.3) is 5.91 Å². The molecule has 1 saturated heterocycles. The molecule has 1 aliphatic rings. The Morgan fingerprint density at radius 3 is 2.52 bits per heavy atom. The van der Waals surface area contributed by atoms with Crippen LogP contribution in [0, 0.1) is 0 Å². The predicted molar refractivity (Wildman–Crippen MR) is 99.4 cm³/mol. The molecule has 2 heterocycles. The molecular weight excluding hydrogens is 310 g/mol. The number of piperazine rings is 1. The summed E-state index contributed by atoms with van der Waals surface area (Å²) in [7, 11) is 0. The third kappa shape index (κ3) is 3.39. The van der Waals surface area contributed by atoms with E-state index < -0.39 is 0 Å². The van der Waals surface area contributed by atoms with Crippen LogP contribution >= 0.6 is 0 Å². The molecule has 4 heteroatoms. The van der Waals surface area contributed by atoms with Crippen LogP contribution in [0.3, 0.4) is 0 Å². The number of rotatable bonds is 3. The molecule has 0 unspecified atom stereocenters. The Labute approximate surface area is 147 Å². The van der Waals surface area contributed by atoms with Gasteiger partial charge in [-0.3, -0.25) is 14.7 Å². The minimum absolute atomic E-state index is 0.0814. The van der Waals surface area contributed by atoms with Crippen LogP contribution in [0.25, 0.3) is 10.8 Å². The van der Waals surface area contributed by atoms with Crippen LogP contribution in [-0.2, 0) is 6.54 Å². The molecule has 0 saturated carbocycles. The molecule has 0 N–H and O–H groups in total. The summed E-state index contributed by atoms with van der Waals surface area (Å²) in [6.45, 7) is 4.25. The van der Waals surface area contributed by atoms with Crippen LogP contribution in [0.5, 0.6) is 0 Å². The molecule has 1 aliphatic heterocycles. The van der Waals surface area contributed by atoms with Gasteiger partial charge in [-0.05, 0) is 28.5 Å². The zero-order valence-electron chi connectivity index (χ0n) is 14.1. The number of benzene rings is 2. The summed E-state index contributed by atoms with van der Waals surface area (Å²) in [6.07, 6.45) is 3.34. The van der Waals surface area contributed by atoms with Gasteiger partial charge in [-0.1, -0.05) is 42.5 Å². The van der Waals surface area contributed by atoms with Crippen molar-refractivity contribution in [2.24, 2.45) is 0 Å². The summed E-state index contributed by atoms with van der Waals surface area (Å²) < 4.78 is 0. The smallest absolute Gasteiger partial charge is 0.255 e. The van der Waals surface area contributed by atoms with Crippen molar-refractivity contribution in [3.63, 3.8) is 0 Å². The molecule has 1 amide bonds. The summed E-state index contributed by atoms with van der Waals surface area (Å²) in [5.74, 6) is 0.0814. The largest absolute Gasteiger partial charge is 0.336 e. The van der Waals surface area contributed by atoms with E-state index in [1.54, 1.807) is 12.4 Å². The standard InChI is InChI=1S/C21H21N3O/c25-21(18-8-4-10-22-15-18)24-13-11-23(12-14-24)16-19-7-3-6-17-5-1-2-9-20(17)19/h1-10,15H,11-14,16H2. The van der Waals surface area contributed by atoms with Crippen molar-refractivity contribution in [3.8, 4) is 0 Å². The minimum Gasteiger partial charge on any atom is -0.336 e. The molecule has 1 aromatic heterocycles. The van der Waals surface area contributed by atoms with E-state index in [0.29, 0.717) is 5.56 Å². The van der Waals surface area contributed by atoms with Gasteiger partial charge >= 0.3 is 0 Å². The van der Waals surface area contributed by atoms with Crippen molar-refractivity contribution in [3.05, 3.63) is 78.1 Å². The Balaban J connectivity index is 1.41. The summed E-state index contributed by atoms with van der Waals surface area (Å²) in [4.78, 5) is 20.9.